The SMILES string of the molecule is C=CCCCOC(=O)CCCCCOC(=O)c1ccc(CCl)cc1.C=CCCCOC(=O)c1ccc(CCl)cc1.O=C1CCCCCO1. The summed E-state index contributed by atoms with van der Waals surface area (Å²) in [5.41, 5.74) is 3.04. The van der Waals surface area contributed by atoms with Gasteiger partial charge in [-0.05, 0) is 99.6 Å². The van der Waals surface area contributed by atoms with E-state index >= 15 is 0 Å². The molecule has 10 heteroatoms. The van der Waals surface area contributed by atoms with E-state index < -0.39 is 0 Å². The number of hydrogen-bond acceptors (Lipinski definition) is 8. The van der Waals surface area contributed by atoms with Gasteiger partial charge in [0.05, 0.1) is 37.6 Å². The van der Waals surface area contributed by atoms with Gasteiger partial charge in [0, 0.05) is 24.6 Å². The molecular weight excluding hydrogens is 655 g/mol. The fraction of sp³-hybridized carbons (Fsp3) is 0.474. The van der Waals surface area contributed by atoms with Crippen LogP contribution in [-0.4, -0.2) is 50.3 Å². The van der Waals surface area contributed by atoms with Crippen LogP contribution in [0.4, 0.5) is 0 Å². The molecule has 0 unspecified atom stereocenters. The van der Waals surface area contributed by atoms with Crippen LogP contribution in [0.1, 0.15) is 109 Å². The van der Waals surface area contributed by atoms with Crippen molar-refractivity contribution < 1.29 is 38.1 Å². The quantitative estimate of drug-likeness (QED) is 0.0497. The number of carbonyl (C=O) groups excluding carboxylic acids is 4. The van der Waals surface area contributed by atoms with Crippen LogP contribution in [0.15, 0.2) is 73.8 Å². The molecule has 1 fully saturated rings. The second-order valence-electron chi connectivity index (χ2n) is 10.9. The van der Waals surface area contributed by atoms with Crippen molar-refractivity contribution in [1.29, 1.82) is 0 Å². The molecular formula is C38H50Cl2O8. The lowest BCUT2D eigenvalue weighted by Gasteiger charge is -2.06. The van der Waals surface area contributed by atoms with E-state index in [4.69, 9.17) is 42.1 Å². The van der Waals surface area contributed by atoms with E-state index in [1.54, 1.807) is 30.3 Å². The van der Waals surface area contributed by atoms with Crippen LogP contribution in [0, 0.1) is 0 Å². The number of unbranched alkanes of at least 4 members (excludes halogenated alkanes) is 4. The summed E-state index contributed by atoms with van der Waals surface area (Å²) in [7, 11) is 0. The van der Waals surface area contributed by atoms with E-state index in [-0.39, 0.29) is 23.9 Å². The molecule has 2 aromatic rings. The number of carbonyl (C=O) groups is 4. The maximum atomic E-state index is 11.8. The topological polar surface area (TPSA) is 105 Å². The number of ether oxygens (including phenoxy) is 4. The minimum atomic E-state index is -0.335. The average Bonchev–Trinajstić information content (AvgIpc) is 3.37. The Hall–Kier alpha value is -3.62. The smallest absolute Gasteiger partial charge is 0.338 e. The summed E-state index contributed by atoms with van der Waals surface area (Å²) in [6.45, 7) is 9.09. The van der Waals surface area contributed by atoms with Gasteiger partial charge in [-0.1, -0.05) is 36.4 Å². The average molecular weight is 706 g/mol. The van der Waals surface area contributed by atoms with Crippen LogP contribution in [0.5, 0.6) is 0 Å². The Balaban J connectivity index is 0.000000408. The molecule has 8 nitrogen and oxygen atoms in total. The first-order valence-corrected chi connectivity index (χ1v) is 17.6. The van der Waals surface area contributed by atoms with Gasteiger partial charge in [0.1, 0.15) is 0 Å². The van der Waals surface area contributed by atoms with Gasteiger partial charge in [0.25, 0.3) is 0 Å². The third-order valence-corrected chi connectivity index (χ3v) is 7.45. The van der Waals surface area contributed by atoms with Crippen molar-refractivity contribution in [3.05, 3.63) is 96.1 Å². The molecule has 0 aliphatic carbocycles. The molecule has 0 amide bonds. The summed E-state index contributed by atoms with van der Waals surface area (Å²) in [6.07, 6.45) is 13.5. The Kier molecular flexibility index (Phi) is 25.1. The standard InChI is InChI=1S/C19H25ClO4.C13H15ClO2.C6H10O2/c1-2-3-6-13-23-18(21)8-5-4-7-14-24-19(22)17-11-9-16(15-20)10-12-17;1-2-3-4-9-16-13(15)12-7-5-11(10-14)6-8-12;7-6-4-2-1-3-5-8-6/h2,9-12H,1,3-8,13-15H2;2,5-8H,1,3-4,9-10H2;1-5H2. The van der Waals surface area contributed by atoms with Gasteiger partial charge in [0.2, 0.25) is 0 Å². The number of alkyl halides is 2. The summed E-state index contributed by atoms with van der Waals surface area (Å²) < 4.78 is 20.1. The van der Waals surface area contributed by atoms with Gasteiger partial charge >= 0.3 is 23.9 Å². The van der Waals surface area contributed by atoms with Gasteiger partial charge in [-0.2, -0.15) is 0 Å². The zero-order valence-electron chi connectivity index (χ0n) is 27.9. The fourth-order valence-electron chi connectivity index (χ4n) is 4.02. The van der Waals surface area contributed by atoms with Gasteiger partial charge in [-0.3, -0.25) is 9.59 Å². The van der Waals surface area contributed by atoms with E-state index in [1.807, 2.05) is 30.3 Å². The highest BCUT2D eigenvalue weighted by atomic mass is 35.5. The first-order valence-electron chi connectivity index (χ1n) is 16.5. The molecule has 1 heterocycles. The molecule has 48 heavy (non-hydrogen) atoms. The number of hydrogen-bond donors (Lipinski definition) is 0. The van der Waals surface area contributed by atoms with Crippen molar-refractivity contribution in [2.24, 2.45) is 0 Å². The van der Waals surface area contributed by atoms with Gasteiger partial charge in [-0.15, -0.1) is 36.4 Å². The van der Waals surface area contributed by atoms with Gasteiger partial charge < -0.3 is 18.9 Å². The lowest BCUT2D eigenvalue weighted by molar-refractivity contribution is -0.144. The van der Waals surface area contributed by atoms with Gasteiger partial charge in [0.15, 0.2) is 0 Å². The van der Waals surface area contributed by atoms with E-state index in [0.717, 1.165) is 75.3 Å². The first-order chi connectivity index (χ1) is 23.3. The van der Waals surface area contributed by atoms with Crippen molar-refractivity contribution in [1.82, 2.24) is 0 Å². The third kappa shape index (κ3) is 21.3. The van der Waals surface area contributed by atoms with E-state index in [9.17, 15) is 19.2 Å². The lowest BCUT2D eigenvalue weighted by Crippen LogP contribution is -2.07. The first kappa shape index (κ1) is 42.4. The van der Waals surface area contributed by atoms with Crippen LogP contribution < -0.4 is 0 Å². The van der Waals surface area contributed by atoms with Crippen LogP contribution >= 0.6 is 23.2 Å². The maximum absolute atomic E-state index is 11.8. The molecule has 0 aromatic heterocycles. The summed E-state index contributed by atoms with van der Waals surface area (Å²) in [4.78, 5) is 45.2. The van der Waals surface area contributed by atoms with Crippen molar-refractivity contribution >= 4 is 47.1 Å². The zero-order chi connectivity index (χ0) is 35.2. The Morgan fingerprint density at radius 2 is 1.17 bits per heavy atom. The van der Waals surface area contributed by atoms with E-state index in [0.29, 0.717) is 62.2 Å². The third-order valence-electron chi connectivity index (χ3n) is 6.84. The van der Waals surface area contributed by atoms with Crippen LogP contribution in [0.2, 0.25) is 0 Å². The second-order valence-corrected chi connectivity index (χ2v) is 11.4. The molecule has 264 valence electrons. The van der Waals surface area contributed by atoms with Crippen molar-refractivity contribution in [2.75, 3.05) is 26.4 Å². The van der Waals surface area contributed by atoms with Crippen LogP contribution in [-0.2, 0) is 40.3 Å². The monoisotopic (exact) mass is 704 g/mol. The molecule has 0 atom stereocenters. The lowest BCUT2D eigenvalue weighted by atomic mass is 10.1. The Morgan fingerprint density at radius 1 is 0.667 bits per heavy atom. The summed E-state index contributed by atoms with van der Waals surface area (Å²) in [6, 6.07) is 14.2. The molecule has 1 aliphatic rings. The van der Waals surface area contributed by atoms with Crippen molar-refractivity contribution in [3.63, 3.8) is 0 Å². The minimum absolute atomic E-state index is 0.0255. The largest absolute Gasteiger partial charge is 0.466 e. The normalized spacial score (nSPS) is 12.0. The fourth-order valence-corrected chi connectivity index (χ4v) is 4.38. The molecule has 0 spiro atoms. The molecule has 0 bridgehead atoms. The number of allylic oxidation sites excluding steroid dienone is 2. The molecule has 0 saturated carbocycles. The van der Waals surface area contributed by atoms with E-state index in [2.05, 4.69) is 13.2 Å². The van der Waals surface area contributed by atoms with Crippen LogP contribution in [0.25, 0.3) is 0 Å². The molecule has 3 rings (SSSR count). The highest BCUT2D eigenvalue weighted by molar-refractivity contribution is 6.17. The summed E-state index contributed by atoms with van der Waals surface area (Å²) in [5.74, 6) is 0.0570. The molecule has 2 aromatic carbocycles. The van der Waals surface area contributed by atoms with Crippen molar-refractivity contribution in [2.45, 2.75) is 88.8 Å². The molecule has 0 radical (unpaired) electrons. The number of esters is 4. The number of rotatable bonds is 18. The Labute approximate surface area is 295 Å². The molecule has 1 aliphatic heterocycles. The Morgan fingerprint density at radius 3 is 1.67 bits per heavy atom. The molecule has 0 N–H and O–H groups in total. The number of benzene rings is 2. The molecule has 1 saturated heterocycles. The highest BCUT2D eigenvalue weighted by Gasteiger charge is 2.08. The van der Waals surface area contributed by atoms with Crippen molar-refractivity contribution in [3.8, 4) is 0 Å². The van der Waals surface area contributed by atoms with E-state index in [1.165, 1.54) is 0 Å². The number of cyclic esters (lactones) is 1. The minimum Gasteiger partial charge on any atom is -0.466 e. The summed E-state index contributed by atoms with van der Waals surface area (Å²) >= 11 is 11.4. The van der Waals surface area contributed by atoms with Gasteiger partial charge in [-0.25, -0.2) is 9.59 Å². The second kappa shape index (κ2) is 28.4. The zero-order valence-corrected chi connectivity index (χ0v) is 29.4. The summed E-state index contributed by atoms with van der Waals surface area (Å²) in [5, 5.41) is 0. The highest BCUT2D eigenvalue weighted by Crippen LogP contribution is 2.11. The number of halogens is 2. The Bertz CT molecular complexity index is 1200. The van der Waals surface area contributed by atoms with Crippen LogP contribution in [0.3, 0.4) is 0 Å². The maximum Gasteiger partial charge on any atom is 0.338 e. The predicted octanol–water partition coefficient (Wildman–Crippen LogP) is 9.30. The predicted molar refractivity (Wildman–Crippen MR) is 190 cm³/mol.